The number of methoxy groups -OCH3 is 1. The molecule has 0 saturated heterocycles. The number of rotatable bonds is 8. The van der Waals surface area contributed by atoms with Gasteiger partial charge in [-0.3, -0.25) is 4.79 Å². The summed E-state index contributed by atoms with van der Waals surface area (Å²) in [6.45, 7) is 5.68. The van der Waals surface area contributed by atoms with E-state index >= 15 is 0 Å². The first-order valence-electron chi connectivity index (χ1n) is 6.51. The van der Waals surface area contributed by atoms with Crippen LogP contribution in [0.4, 0.5) is 0 Å². The summed E-state index contributed by atoms with van der Waals surface area (Å²) in [6, 6.07) is -0.367. The van der Waals surface area contributed by atoms with E-state index in [0.717, 1.165) is 26.0 Å². The fourth-order valence-electron chi connectivity index (χ4n) is 2.03. The van der Waals surface area contributed by atoms with E-state index < -0.39 is 0 Å². The van der Waals surface area contributed by atoms with Crippen molar-refractivity contribution in [3.63, 3.8) is 0 Å². The van der Waals surface area contributed by atoms with Gasteiger partial charge in [0.15, 0.2) is 0 Å². The van der Waals surface area contributed by atoms with Gasteiger partial charge in [0.1, 0.15) is 0 Å². The van der Waals surface area contributed by atoms with Crippen LogP contribution in [0.15, 0.2) is 0 Å². The SMILES string of the molecule is COCCC1(CNC(=O)C(N)CC(C)C)CC1. The van der Waals surface area contributed by atoms with E-state index in [1.54, 1.807) is 7.11 Å². The first-order valence-corrected chi connectivity index (χ1v) is 6.51. The summed E-state index contributed by atoms with van der Waals surface area (Å²) in [4.78, 5) is 11.8. The van der Waals surface area contributed by atoms with E-state index in [1.165, 1.54) is 12.8 Å². The van der Waals surface area contributed by atoms with Crippen molar-refractivity contribution < 1.29 is 9.53 Å². The minimum Gasteiger partial charge on any atom is -0.385 e. The van der Waals surface area contributed by atoms with Gasteiger partial charge in [-0.05, 0) is 37.0 Å². The number of carbonyl (C=O) groups is 1. The van der Waals surface area contributed by atoms with Crippen molar-refractivity contribution in [3.05, 3.63) is 0 Å². The van der Waals surface area contributed by atoms with Gasteiger partial charge >= 0.3 is 0 Å². The molecule has 0 aliphatic heterocycles. The van der Waals surface area contributed by atoms with Crippen molar-refractivity contribution in [3.8, 4) is 0 Å². The zero-order valence-electron chi connectivity index (χ0n) is 11.3. The van der Waals surface area contributed by atoms with Gasteiger partial charge in [-0.2, -0.15) is 0 Å². The van der Waals surface area contributed by atoms with Crippen LogP contribution < -0.4 is 11.1 Å². The Labute approximate surface area is 104 Å². The Morgan fingerprint density at radius 3 is 2.59 bits per heavy atom. The lowest BCUT2D eigenvalue weighted by Gasteiger charge is -2.18. The molecule has 1 saturated carbocycles. The molecule has 4 nitrogen and oxygen atoms in total. The molecule has 100 valence electrons. The number of nitrogens with one attached hydrogen (secondary N) is 1. The van der Waals surface area contributed by atoms with Gasteiger partial charge in [0.2, 0.25) is 5.91 Å². The second-order valence-electron chi connectivity index (χ2n) is 5.70. The van der Waals surface area contributed by atoms with Crippen LogP contribution in [-0.2, 0) is 9.53 Å². The van der Waals surface area contributed by atoms with Crippen LogP contribution in [-0.4, -0.2) is 32.2 Å². The summed E-state index contributed by atoms with van der Waals surface area (Å²) in [5.74, 6) is 0.446. The molecule has 0 spiro atoms. The first-order chi connectivity index (χ1) is 7.99. The molecule has 0 aromatic rings. The van der Waals surface area contributed by atoms with Crippen molar-refractivity contribution in [1.82, 2.24) is 5.32 Å². The van der Waals surface area contributed by atoms with Crippen molar-refractivity contribution >= 4 is 5.91 Å². The molecule has 1 atom stereocenters. The van der Waals surface area contributed by atoms with Gasteiger partial charge in [0.25, 0.3) is 0 Å². The molecule has 1 amide bonds. The summed E-state index contributed by atoms with van der Waals surface area (Å²) < 4.78 is 5.09. The Balaban J connectivity index is 2.23. The Bertz CT molecular complexity index is 250. The molecule has 1 rings (SSSR count). The van der Waals surface area contributed by atoms with E-state index in [-0.39, 0.29) is 11.9 Å². The standard InChI is InChI=1S/C13H26N2O2/c1-10(2)8-11(14)12(16)15-9-13(4-5-13)6-7-17-3/h10-11H,4-9,14H2,1-3H3,(H,15,16). The lowest BCUT2D eigenvalue weighted by molar-refractivity contribution is -0.123. The van der Waals surface area contributed by atoms with Gasteiger partial charge in [0, 0.05) is 20.3 Å². The number of amides is 1. The van der Waals surface area contributed by atoms with Crippen LogP contribution in [0.2, 0.25) is 0 Å². The van der Waals surface area contributed by atoms with Gasteiger partial charge in [-0.15, -0.1) is 0 Å². The topological polar surface area (TPSA) is 64.3 Å². The molecule has 1 aliphatic rings. The third kappa shape index (κ3) is 5.04. The van der Waals surface area contributed by atoms with Crippen LogP contribution in [0, 0.1) is 11.3 Å². The lowest BCUT2D eigenvalue weighted by atomic mass is 10.0. The largest absolute Gasteiger partial charge is 0.385 e. The minimum absolute atomic E-state index is 0.0117. The molecule has 0 radical (unpaired) electrons. The Morgan fingerprint density at radius 1 is 1.47 bits per heavy atom. The number of carbonyl (C=O) groups excluding carboxylic acids is 1. The lowest BCUT2D eigenvalue weighted by Crippen LogP contribution is -2.43. The fraction of sp³-hybridized carbons (Fsp3) is 0.923. The molecule has 1 fully saturated rings. The highest BCUT2D eigenvalue weighted by Gasteiger charge is 2.42. The van der Waals surface area contributed by atoms with Crippen LogP contribution >= 0.6 is 0 Å². The maximum atomic E-state index is 11.8. The monoisotopic (exact) mass is 242 g/mol. The van der Waals surface area contributed by atoms with E-state index in [4.69, 9.17) is 10.5 Å². The molecular formula is C13H26N2O2. The molecule has 1 aliphatic carbocycles. The van der Waals surface area contributed by atoms with Crippen molar-refractivity contribution in [2.45, 2.75) is 45.6 Å². The normalized spacial score (nSPS) is 19.1. The molecular weight excluding hydrogens is 216 g/mol. The second kappa shape index (κ2) is 6.36. The highest BCUT2D eigenvalue weighted by Crippen LogP contribution is 2.48. The highest BCUT2D eigenvalue weighted by atomic mass is 16.5. The van der Waals surface area contributed by atoms with Crippen molar-refractivity contribution in [2.24, 2.45) is 17.1 Å². The number of hydrogen-bond donors (Lipinski definition) is 2. The van der Waals surface area contributed by atoms with Crippen LogP contribution in [0.25, 0.3) is 0 Å². The van der Waals surface area contributed by atoms with Gasteiger partial charge < -0.3 is 15.8 Å². The molecule has 0 bridgehead atoms. The third-order valence-corrected chi connectivity index (χ3v) is 3.49. The Kier molecular flexibility index (Phi) is 5.40. The quantitative estimate of drug-likeness (QED) is 0.674. The Morgan fingerprint density at radius 2 is 2.12 bits per heavy atom. The van der Waals surface area contributed by atoms with Crippen molar-refractivity contribution in [1.29, 1.82) is 0 Å². The maximum absolute atomic E-state index is 11.8. The summed E-state index contributed by atoms with van der Waals surface area (Å²) in [5, 5.41) is 2.98. The predicted octanol–water partition coefficient (Wildman–Crippen LogP) is 1.29. The highest BCUT2D eigenvalue weighted by molar-refractivity contribution is 5.81. The predicted molar refractivity (Wildman–Crippen MR) is 68.6 cm³/mol. The van der Waals surface area contributed by atoms with Crippen LogP contribution in [0.3, 0.4) is 0 Å². The van der Waals surface area contributed by atoms with Crippen LogP contribution in [0.5, 0.6) is 0 Å². The molecule has 1 unspecified atom stereocenters. The zero-order valence-corrected chi connectivity index (χ0v) is 11.3. The average molecular weight is 242 g/mol. The smallest absolute Gasteiger partial charge is 0.236 e. The van der Waals surface area contributed by atoms with E-state index in [2.05, 4.69) is 19.2 Å². The van der Waals surface area contributed by atoms with Crippen LogP contribution in [0.1, 0.15) is 39.5 Å². The molecule has 0 heterocycles. The van der Waals surface area contributed by atoms with Gasteiger partial charge in [-0.25, -0.2) is 0 Å². The fourth-order valence-corrected chi connectivity index (χ4v) is 2.03. The zero-order chi connectivity index (χ0) is 12.9. The average Bonchev–Trinajstić information content (AvgIpc) is 3.03. The molecule has 4 heteroatoms. The molecule has 17 heavy (non-hydrogen) atoms. The maximum Gasteiger partial charge on any atom is 0.236 e. The second-order valence-corrected chi connectivity index (χ2v) is 5.70. The summed E-state index contributed by atoms with van der Waals surface area (Å²) in [5.41, 5.74) is 6.13. The molecule has 0 aromatic carbocycles. The van der Waals surface area contributed by atoms with Gasteiger partial charge in [-0.1, -0.05) is 13.8 Å². The van der Waals surface area contributed by atoms with E-state index in [0.29, 0.717) is 11.3 Å². The number of ether oxygens (including phenoxy) is 1. The first kappa shape index (κ1) is 14.5. The molecule has 3 N–H and O–H groups in total. The summed E-state index contributed by atoms with van der Waals surface area (Å²) in [7, 11) is 1.72. The Hall–Kier alpha value is -0.610. The summed E-state index contributed by atoms with van der Waals surface area (Å²) >= 11 is 0. The third-order valence-electron chi connectivity index (χ3n) is 3.49. The number of nitrogens with two attached hydrogens (primary N) is 1. The van der Waals surface area contributed by atoms with Crippen molar-refractivity contribution in [2.75, 3.05) is 20.3 Å². The minimum atomic E-state index is -0.367. The summed E-state index contributed by atoms with van der Waals surface area (Å²) in [6.07, 6.45) is 4.16. The van der Waals surface area contributed by atoms with E-state index in [1.807, 2.05) is 0 Å². The molecule has 0 aromatic heterocycles. The van der Waals surface area contributed by atoms with Gasteiger partial charge in [0.05, 0.1) is 6.04 Å². The van der Waals surface area contributed by atoms with E-state index in [9.17, 15) is 4.79 Å². The number of hydrogen-bond acceptors (Lipinski definition) is 3.